The van der Waals surface area contributed by atoms with Gasteiger partial charge in [-0.3, -0.25) is 4.79 Å². The van der Waals surface area contributed by atoms with Gasteiger partial charge in [0.1, 0.15) is 10.8 Å². The van der Waals surface area contributed by atoms with Crippen LogP contribution < -0.4 is 5.32 Å². The normalized spacial score (nSPS) is 13.3. The second-order valence-corrected chi connectivity index (χ2v) is 11.4. The van der Waals surface area contributed by atoms with E-state index in [-0.39, 0.29) is 5.91 Å². The van der Waals surface area contributed by atoms with Crippen molar-refractivity contribution in [3.8, 4) is 0 Å². The molecule has 6 aromatic rings. The van der Waals surface area contributed by atoms with Crippen LogP contribution in [0.5, 0.6) is 0 Å². The minimum atomic E-state index is -0.0821. The average molecular weight is 544 g/mol. The molecule has 1 amide bonds. The molecule has 3 aromatic carbocycles. The van der Waals surface area contributed by atoms with E-state index < -0.39 is 0 Å². The third-order valence-corrected chi connectivity index (χ3v) is 8.94. The number of aromatic nitrogens is 1. The van der Waals surface area contributed by atoms with Gasteiger partial charge in [-0.2, -0.15) is 0 Å². The van der Waals surface area contributed by atoms with Gasteiger partial charge in [-0.15, -0.1) is 11.3 Å². The average Bonchev–Trinajstić information content (AvgIpc) is 3.73. The number of hydrogen-bond acceptors (Lipinski definition) is 4. The van der Waals surface area contributed by atoms with Gasteiger partial charge < -0.3 is 14.3 Å². The van der Waals surface area contributed by atoms with Crippen LogP contribution in [0.1, 0.15) is 50.5 Å². The van der Waals surface area contributed by atoms with Gasteiger partial charge in [0.05, 0.1) is 18.4 Å². The van der Waals surface area contributed by atoms with Crippen molar-refractivity contribution in [2.24, 2.45) is 4.99 Å². The molecular weight excluding hydrogens is 514 g/mol. The zero-order valence-corrected chi connectivity index (χ0v) is 22.9. The second kappa shape index (κ2) is 10.6. The fourth-order valence-electron chi connectivity index (χ4n) is 5.80. The summed E-state index contributed by atoms with van der Waals surface area (Å²) >= 11 is 1.66. The lowest BCUT2D eigenvalue weighted by atomic mass is 9.95. The lowest BCUT2D eigenvalue weighted by Gasteiger charge is -2.12. The van der Waals surface area contributed by atoms with Gasteiger partial charge in [0.15, 0.2) is 0 Å². The number of hydrogen-bond donors (Lipinski definition) is 1. The summed E-state index contributed by atoms with van der Waals surface area (Å²) in [5.41, 5.74) is 5.38. The number of carbonyl (C=O) groups excluding carboxylic acids is 1. The Labute approximate surface area is 236 Å². The molecule has 3 heterocycles. The number of para-hydroxylation sites is 1. The van der Waals surface area contributed by atoms with Gasteiger partial charge in [-0.05, 0) is 65.8 Å². The zero-order chi connectivity index (χ0) is 26.9. The van der Waals surface area contributed by atoms with Crippen LogP contribution in [0.15, 0.2) is 101 Å². The maximum absolute atomic E-state index is 13.4. The van der Waals surface area contributed by atoms with E-state index >= 15 is 0 Å². The SMILES string of the molecule is O=C(NCc1ccco1)c1c(N=Cc2cn(Cc3cccc4ccccc34)c3ccccc23)sc2c1CCCC2. The van der Waals surface area contributed by atoms with Gasteiger partial charge in [0.25, 0.3) is 5.91 Å². The Morgan fingerprint density at radius 3 is 2.67 bits per heavy atom. The van der Waals surface area contributed by atoms with Crippen LogP contribution in [-0.4, -0.2) is 16.7 Å². The van der Waals surface area contributed by atoms with E-state index in [0.717, 1.165) is 59.5 Å². The van der Waals surface area contributed by atoms with E-state index in [4.69, 9.17) is 9.41 Å². The quantitative estimate of drug-likeness (QED) is 0.207. The molecule has 0 saturated heterocycles. The Morgan fingerprint density at radius 1 is 0.950 bits per heavy atom. The largest absolute Gasteiger partial charge is 0.467 e. The van der Waals surface area contributed by atoms with Crippen molar-refractivity contribution in [3.05, 3.63) is 124 Å². The van der Waals surface area contributed by atoms with Gasteiger partial charge in [-0.1, -0.05) is 60.7 Å². The van der Waals surface area contributed by atoms with Crippen LogP contribution in [0.4, 0.5) is 5.00 Å². The number of aliphatic imine (C=N–C) groups is 1. The highest BCUT2D eigenvalue weighted by atomic mass is 32.1. The van der Waals surface area contributed by atoms with Gasteiger partial charge >= 0.3 is 0 Å². The fourth-order valence-corrected chi connectivity index (χ4v) is 7.03. The Bertz CT molecular complexity index is 1850. The maximum atomic E-state index is 13.4. The van der Waals surface area contributed by atoms with Gasteiger partial charge in [0, 0.05) is 40.3 Å². The van der Waals surface area contributed by atoms with Crippen molar-refractivity contribution in [2.75, 3.05) is 0 Å². The predicted octanol–water partition coefficient (Wildman–Crippen LogP) is 8.06. The zero-order valence-electron chi connectivity index (χ0n) is 22.1. The lowest BCUT2D eigenvalue weighted by molar-refractivity contribution is 0.0948. The molecule has 6 heteroatoms. The molecule has 0 spiro atoms. The first-order valence-corrected chi connectivity index (χ1v) is 14.6. The first-order chi connectivity index (χ1) is 19.7. The van der Waals surface area contributed by atoms with Crippen molar-refractivity contribution in [2.45, 2.75) is 38.8 Å². The van der Waals surface area contributed by atoms with Crippen molar-refractivity contribution in [1.29, 1.82) is 0 Å². The van der Waals surface area contributed by atoms with Crippen LogP contribution in [0.25, 0.3) is 21.7 Å². The number of nitrogens with zero attached hydrogens (tertiary/aromatic N) is 2. The number of furan rings is 1. The Balaban J connectivity index is 1.23. The third-order valence-electron chi connectivity index (χ3n) is 7.74. The Kier molecular flexibility index (Phi) is 6.54. The highest BCUT2D eigenvalue weighted by molar-refractivity contribution is 7.16. The smallest absolute Gasteiger partial charge is 0.255 e. The summed E-state index contributed by atoms with van der Waals surface area (Å²) in [7, 11) is 0. The number of nitrogens with one attached hydrogen (secondary N) is 1. The van der Waals surface area contributed by atoms with E-state index in [1.165, 1.54) is 32.3 Å². The molecule has 1 aliphatic rings. The number of benzene rings is 3. The summed E-state index contributed by atoms with van der Waals surface area (Å²) in [4.78, 5) is 19.7. The highest BCUT2D eigenvalue weighted by Gasteiger charge is 2.25. The first-order valence-electron chi connectivity index (χ1n) is 13.8. The van der Waals surface area contributed by atoms with Crippen LogP contribution in [0.2, 0.25) is 0 Å². The van der Waals surface area contributed by atoms with E-state index in [2.05, 4.69) is 82.8 Å². The minimum Gasteiger partial charge on any atom is -0.467 e. The summed E-state index contributed by atoms with van der Waals surface area (Å²) in [6, 6.07) is 27.2. The van der Waals surface area contributed by atoms with Crippen molar-refractivity contribution in [3.63, 3.8) is 0 Å². The van der Waals surface area contributed by atoms with Crippen LogP contribution in [-0.2, 0) is 25.9 Å². The van der Waals surface area contributed by atoms with Crippen LogP contribution >= 0.6 is 11.3 Å². The molecular formula is C34H29N3O2S. The van der Waals surface area contributed by atoms with Crippen LogP contribution in [0.3, 0.4) is 0 Å². The first kappa shape index (κ1) is 24.6. The molecule has 40 heavy (non-hydrogen) atoms. The van der Waals surface area contributed by atoms with Crippen molar-refractivity contribution >= 4 is 50.1 Å². The molecule has 0 aliphatic heterocycles. The standard InChI is InChI=1S/C34H29N3O2S/c38-33(35-20-26-12-8-18-39-26)32-29-15-4-6-17-31(29)40-34(32)36-19-25-22-37(30-16-5-3-14-28(25)30)21-24-11-7-10-23-9-1-2-13-27(23)24/h1-3,5,7-14,16,18-19,22H,4,6,15,17,20-21H2,(H,35,38). The molecule has 1 N–H and O–H groups in total. The summed E-state index contributed by atoms with van der Waals surface area (Å²) in [6.45, 7) is 1.13. The van der Waals surface area contributed by atoms with E-state index in [0.29, 0.717) is 6.54 Å². The van der Waals surface area contributed by atoms with Gasteiger partial charge in [0.2, 0.25) is 0 Å². The van der Waals surface area contributed by atoms with Crippen molar-refractivity contribution in [1.82, 2.24) is 9.88 Å². The molecule has 5 nitrogen and oxygen atoms in total. The minimum absolute atomic E-state index is 0.0821. The summed E-state index contributed by atoms with van der Waals surface area (Å²) < 4.78 is 7.72. The number of fused-ring (bicyclic) bond motifs is 3. The predicted molar refractivity (Wildman–Crippen MR) is 163 cm³/mol. The molecule has 0 saturated carbocycles. The maximum Gasteiger partial charge on any atom is 0.255 e. The fraction of sp³-hybridized carbons (Fsp3) is 0.176. The number of aryl methyl sites for hydroxylation is 1. The summed E-state index contributed by atoms with van der Waals surface area (Å²) in [6.07, 6.45) is 9.94. The third kappa shape index (κ3) is 4.65. The molecule has 198 valence electrons. The number of amides is 1. The van der Waals surface area contributed by atoms with E-state index in [1.807, 2.05) is 18.3 Å². The molecule has 0 radical (unpaired) electrons. The monoisotopic (exact) mass is 543 g/mol. The molecule has 0 fully saturated rings. The molecule has 0 bridgehead atoms. The molecule has 7 rings (SSSR count). The summed E-state index contributed by atoms with van der Waals surface area (Å²) in [5, 5.41) is 7.50. The molecule has 3 aromatic heterocycles. The van der Waals surface area contributed by atoms with Crippen molar-refractivity contribution < 1.29 is 9.21 Å². The van der Waals surface area contributed by atoms with E-state index in [1.54, 1.807) is 17.6 Å². The molecule has 1 aliphatic carbocycles. The number of thiophene rings is 1. The number of rotatable bonds is 7. The Morgan fingerprint density at radius 2 is 1.77 bits per heavy atom. The summed E-state index contributed by atoms with van der Waals surface area (Å²) in [5.74, 6) is 0.655. The van der Waals surface area contributed by atoms with E-state index in [9.17, 15) is 4.79 Å². The van der Waals surface area contributed by atoms with Crippen LogP contribution in [0, 0.1) is 0 Å². The number of carbonyl (C=O) groups is 1. The lowest BCUT2D eigenvalue weighted by Crippen LogP contribution is -2.23. The molecule has 0 atom stereocenters. The van der Waals surface area contributed by atoms with Gasteiger partial charge in [-0.25, -0.2) is 4.99 Å². The Hall–Kier alpha value is -4.42. The second-order valence-electron chi connectivity index (χ2n) is 10.3. The highest BCUT2D eigenvalue weighted by Crippen LogP contribution is 2.40. The topological polar surface area (TPSA) is 59.5 Å². The molecule has 0 unspecified atom stereocenters.